The van der Waals surface area contributed by atoms with Crippen LogP contribution in [0.15, 0.2) is 73.3 Å². The number of amides is 1. The fourth-order valence-electron chi connectivity index (χ4n) is 4.97. The average molecular weight is 445 g/mol. The molecule has 2 fully saturated rings. The molecular formula is C26H28N4O3. The molecule has 2 saturated heterocycles. The summed E-state index contributed by atoms with van der Waals surface area (Å²) in [6, 6.07) is 15.9. The van der Waals surface area contributed by atoms with Gasteiger partial charge in [-0.05, 0) is 47.0 Å². The number of morpholine rings is 1. The van der Waals surface area contributed by atoms with Crippen molar-refractivity contribution in [1.29, 1.82) is 0 Å². The zero-order chi connectivity index (χ0) is 22.7. The summed E-state index contributed by atoms with van der Waals surface area (Å²) in [6.07, 6.45) is 7.23. The Bertz CT molecular complexity index is 1080. The van der Waals surface area contributed by atoms with Crippen molar-refractivity contribution in [2.45, 2.75) is 24.6 Å². The Labute approximate surface area is 194 Å². The second kappa shape index (κ2) is 9.29. The second-order valence-corrected chi connectivity index (χ2v) is 8.68. The SMILES string of the molecule is COc1ccc(CN2CCO[C@@]3(CN(Cc4ccncc4)C[C@H]3c3cccnc3)C2=O)cc1. The summed E-state index contributed by atoms with van der Waals surface area (Å²) in [6.45, 7) is 3.68. The van der Waals surface area contributed by atoms with Crippen LogP contribution in [-0.4, -0.2) is 64.6 Å². The molecule has 33 heavy (non-hydrogen) atoms. The van der Waals surface area contributed by atoms with Crippen LogP contribution in [0.4, 0.5) is 0 Å². The van der Waals surface area contributed by atoms with E-state index >= 15 is 0 Å². The van der Waals surface area contributed by atoms with E-state index in [1.165, 1.54) is 5.56 Å². The minimum absolute atomic E-state index is 0.0515. The van der Waals surface area contributed by atoms with Crippen LogP contribution in [0.5, 0.6) is 5.75 Å². The van der Waals surface area contributed by atoms with E-state index in [4.69, 9.17) is 9.47 Å². The molecule has 0 unspecified atom stereocenters. The maximum absolute atomic E-state index is 14.0. The molecule has 7 nitrogen and oxygen atoms in total. The zero-order valence-electron chi connectivity index (χ0n) is 18.8. The molecule has 5 rings (SSSR count). The molecular weight excluding hydrogens is 416 g/mol. The van der Waals surface area contributed by atoms with Crippen LogP contribution in [0.25, 0.3) is 0 Å². The lowest BCUT2D eigenvalue weighted by atomic mass is 9.83. The fraction of sp³-hybridized carbons (Fsp3) is 0.346. The highest BCUT2D eigenvalue weighted by Crippen LogP contribution is 2.42. The maximum atomic E-state index is 14.0. The minimum atomic E-state index is -0.916. The molecule has 0 N–H and O–H groups in total. The van der Waals surface area contributed by atoms with Crippen LogP contribution >= 0.6 is 0 Å². The predicted molar refractivity (Wildman–Crippen MR) is 124 cm³/mol. The molecule has 0 radical (unpaired) electrons. The molecule has 1 spiro atoms. The van der Waals surface area contributed by atoms with Crippen molar-refractivity contribution >= 4 is 5.91 Å². The average Bonchev–Trinajstić information content (AvgIpc) is 3.22. The molecule has 2 aliphatic rings. The summed E-state index contributed by atoms with van der Waals surface area (Å²) in [4.78, 5) is 26.7. The topological polar surface area (TPSA) is 67.8 Å². The van der Waals surface area contributed by atoms with Crippen molar-refractivity contribution in [3.8, 4) is 5.75 Å². The highest BCUT2D eigenvalue weighted by atomic mass is 16.5. The number of benzene rings is 1. The smallest absolute Gasteiger partial charge is 0.257 e. The number of carbonyl (C=O) groups excluding carboxylic acids is 1. The van der Waals surface area contributed by atoms with Gasteiger partial charge in [-0.25, -0.2) is 0 Å². The lowest BCUT2D eigenvalue weighted by Crippen LogP contribution is -2.59. The lowest BCUT2D eigenvalue weighted by molar-refractivity contribution is -0.173. The molecule has 1 amide bonds. The van der Waals surface area contributed by atoms with E-state index in [2.05, 4.69) is 20.9 Å². The fourth-order valence-corrected chi connectivity index (χ4v) is 4.97. The number of pyridine rings is 2. The number of likely N-dealkylation sites (tertiary alicyclic amines) is 1. The van der Waals surface area contributed by atoms with Gasteiger partial charge < -0.3 is 14.4 Å². The third-order valence-corrected chi connectivity index (χ3v) is 6.61. The van der Waals surface area contributed by atoms with Gasteiger partial charge in [-0.15, -0.1) is 0 Å². The van der Waals surface area contributed by atoms with Crippen LogP contribution in [0.3, 0.4) is 0 Å². The van der Waals surface area contributed by atoms with E-state index in [1.807, 2.05) is 53.6 Å². The van der Waals surface area contributed by atoms with E-state index < -0.39 is 5.60 Å². The first-order valence-corrected chi connectivity index (χ1v) is 11.3. The van der Waals surface area contributed by atoms with Gasteiger partial charge in [0.05, 0.1) is 13.7 Å². The Morgan fingerprint density at radius 1 is 1.03 bits per heavy atom. The standard InChI is InChI=1S/C26H28N4O3/c1-32-23-6-4-20(5-7-23)17-30-13-14-33-26(25(30)31)19-29(16-21-8-11-27-12-9-21)18-24(26)22-3-2-10-28-15-22/h2-12,15,24H,13-14,16-19H2,1H3/t24-,26+/m0/s1. The van der Waals surface area contributed by atoms with E-state index in [9.17, 15) is 4.79 Å². The number of ether oxygens (including phenoxy) is 2. The first-order valence-electron chi connectivity index (χ1n) is 11.3. The number of nitrogens with zero attached hydrogens (tertiary/aromatic N) is 4. The Balaban J connectivity index is 1.42. The molecule has 170 valence electrons. The number of rotatable bonds is 6. The van der Waals surface area contributed by atoms with Gasteiger partial charge in [0.1, 0.15) is 5.75 Å². The Morgan fingerprint density at radius 3 is 2.55 bits per heavy atom. The lowest BCUT2D eigenvalue weighted by Gasteiger charge is -2.42. The first-order chi connectivity index (χ1) is 16.2. The normalized spacial score (nSPS) is 23.2. The van der Waals surface area contributed by atoms with Crippen LogP contribution in [-0.2, 0) is 22.6 Å². The first kappa shape index (κ1) is 21.6. The molecule has 2 aliphatic heterocycles. The van der Waals surface area contributed by atoms with Gasteiger partial charge >= 0.3 is 0 Å². The quantitative estimate of drug-likeness (QED) is 0.583. The van der Waals surface area contributed by atoms with E-state index in [0.29, 0.717) is 26.2 Å². The second-order valence-electron chi connectivity index (χ2n) is 8.68. The van der Waals surface area contributed by atoms with Crippen LogP contribution in [0.2, 0.25) is 0 Å². The molecule has 0 bridgehead atoms. The minimum Gasteiger partial charge on any atom is -0.497 e. The van der Waals surface area contributed by atoms with E-state index in [-0.39, 0.29) is 11.8 Å². The van der Waals surface area contributed by atoms with Crippen LogP contribution in [0.1, 0.15) is 22.6 Å². The number of methoxy groups -OCH3 is 1. The van der Waals surface area contributed by atoms with Crippen LogP contribution < -0.4 is 4.74 Å². The Morgan fingerprint density at radius 2 is 1.82 bits per heavy atom. The largest absolute Gasteiger partial charge is 0.497 e. The number of hydrogen-bond acceptors (Lipinski definition) is 6. The van der Waals surface area contributed by atoms with Gasteiger partial charge in [0, 0.05) is 63.4 Å². The summed E-state index contributed by atoms with van der Waals surface area (Å²) < 4.78 is 11.6. The summed E-state index contributed by atoms with van der Waals surface area (Å²) in [5, 5.41) is 0. The van der Waals surface area contributed by atoms with Crippen molar-refractivity contribution in [3.05, 3.63) is 90.0 Å². The summed E-state index contributed by atoms with van der Waals surface area (Å²) >= 11 is 0. The highest BCUT2D eigenvalue weighted by Gasteiger charge is 2.56. The van der Waals surface area contributed by atoms with Crippen molar-refractivity contribution in [2.24, 2.45) is 0 Å². The van der Waals surface area contributed by atoms with Crippen LogP contribution in [0, 0.1) is 0 Å². The summed E-state index contributed by atoms with van der Waals surface area (Å²) in [5.74, 6) is 0.776. The van der Waals surface area contributed by atoms with Gasteiger partial charge in [-0.2, -0.15) is 0 Å². The molecule has 2 atom stereocenters. The number of carbonyl (C=O) groups is 1. The molecule has 7 heteroatoms. The molecule has 4 heterocycles. The van der Waals surface area contributed by atoms with Gasteiger partial charge in [0.2, 0.25) is 0 Å². The van der Waals surface area contributed by atoms with E-state index in [0.717, 1.165) is 30.0 Å². The molecule has 0 aliphatic carbocycles. The predicted octanol–water partition coefficient (Wildman–Crippen LogP) is 2.88. The van der Waals surface area contributed by atoms with Crippen molar-refractivity contribution < 1.29 is 14.3 Å². The maximum Gasteiger partial charge on any atom is 0.257 e. The Hall–Kier alpha value is -3.29. The molecule has 1 aromatic carbocycles. The van der Waals surface area contributed by atoms with Crippen molar-refractivity contribution in [1.82, 2.24) is 19.8 Å². The van der Waals surface area contributed by atoms with Crippen molar-refractivity contribution in [3.63, 3.8) is 0 Å². The monoisotopic (exact) mass is 444 g/mol. The van der Waals surface area contributed by atoms with Gasteiger partial charge in [0.15, 0.2) is 5.60 Å². The molecule has 3 aromatic rings. The van der Waals surface area contributed by atoms with Gasteiger partial charge in [0.25, 0.3) is 5.91 Å². The third-order valence-electron chi connectivity index (χ3n) is 6.61. The summed E-state index contributed by atoms with van der Waals surface area (Å²) in [7, 11) is 1.65. The Kier molecular flexibility index (Phi) is 6.07. The molecule has 2 aromatic heterocycles. The van der Waals surface area contributed by atoms with Gasteiger partial charge in [-0.1, -0.05) is 18.2 Å². The third kappa shape index (κ3) is 4.34. The molecule has 0 saturated carbocycles. The van der Waals surface area contributed by atoms with Crippen molar-refractivity contribution in [2.75, 3.05) is 33.4 Å². The highest BCUT2D eigenvalue weighted by molar-refractivity contribution is 5.88. The number of hydrogen-bond donors (Lipinski definition) is 0. The summed E-state index contributed by atoms with van der Waals surface area (Å²) in [5.41, 5.74) is 2.37. The van der Waals surface area contributed by atoms with Gasteiger partial charge in [-0.3, -0.25) is 19.7 Å². The zero-order valence-corrected chi connectivity index (χ0v) is 18.8. The van der Waals surface area contributed by atoms with E-state index in [1.54, 1.807) is 25.7 Å². The number of aromatic nitrogens is 2.